The molecule has 4 heteroatoms. The van der Waals surface area contributed by atoms with Gasteiger partial charge in [-0.05, 0) is 55.9 Å². The van der Waals surface area contributed by atoms with Crippen LogP contribution in [0.4, 0.5) is 4.39 Å². The van der Waals surface area contributed by atoms with E-state index in [4.69, 9.17) is 0 Å². The van der Waals surface area contributed by atoms with Gasteiger partial charge in [0, 0.05) is 17.8 Å². The van der Waals surface area contributed by atoms with Crippen molar-refractivity contribution < 1.29 is 9.18 Å². The smallest absolute Gasteiger partial charge is 0.253 e. The Morgan fingerprint density at radius 1 is 1.17 bits per heavy atom. The van der Waals surface area contributed by atoms with Crippen LogP contribution >= 0.6 is 0 Å². The Labute approximate surface area is 135 Å². The third-order valence-corrected chi connectivity index (χ3v) is 4.50. The average Bonchev–Trinajstić information content (AvgIpc) is 2.57. The Balaban J connectivity index is 1.66. The summed E-state index contributed by atoms with van der Waals surface area (Å²) in [5, 5.41) is 3.09. The average molecular weight is 312 g/mol. The minimum absolute atomic E-state index is 0.0807. The molecule has 1 heterocycles. The van der Waals surface area contributed by atoms with Crippen LogP contribution in [-0.2, 0) is 0 Å². The molecule has 0 spiro atoms. The predicted octanol–water partition coefficient (Wildman–Crippen LogP) is 4.20. The normalized spacial score (nSPS) is 21.0. The summed E-state index contributed by atoms with van der Waals surface area (Å²) >= 11 is 0. The summed E-state index contributed by atoms with van der Waals surface area (Å²) in [4.78, 5) is 16.6. The van der Waals surface area contributed by atoms with Gasteiger partial charge in [0.2, 0.25) is 0 Å². The van der Waals surface area contributed by atoms with Crippen molar-refractivity contribution in [3.63, 3.8) is 0 Å². The fourth-order valence-electron chi connectivity index (χ4n) is 3.02. The molecule has 23 heavy (non-hydrogen) atoms. The topological polar surface area (TPSA) is 42.0 Å². The number of hydrogen-bond acceptors (Lipinski definition) is 2. The molecule has 1 aromatic carbocycles. The molecule has 0 aliphatic heterocycles. The van der Waals surface area contributed by atoms with E-state index in [1.54, 1.807) is 30.5 Å². The minimum Gasteiger partial charge on any atom is -0.349 e. The van der Waals surface area contributed by atoms with E-state index in [-0.39, 0.29) is 17.8 Å². The monoisotopic (exact) mass is 312 g/mol. The summed E-state index contributed by atoms with van der Waals surface area (Å²) in [6.45, 7) is 2.26. The molecule has 1 aromatic heterocycles. The molecule has 0 radical (unpaired) electrons. The molecule has 0 atom stereocenters. The molecule has 1 saturated carbocycles. The highest BCUT2D eigenvalue weighted by atomic mass is 19.1. The Morgan fingerprint density at radius 3 is 2.61 bits per heavy atom. The Kier molecular flexibility index (Phi) is 4.70. The highest BCUT2D eigenvalue weighted by Gasteiger charge is 2.20. The van der Waals surface area contributed by atoms with Crippen LogP contribution < -0.4 is 5.32 Å². The molecule has 120 valence electrons. The first-order valence-corrected chi connectivity index (χ1v) is 8.14. The van der Waals surface area contributed by atoms with Gasteiger partial charge in [-0.1, -0.05) is 19.1 Å². The molecule has 3 nitrogen and oxygen atoms in total. The van der Waals surface area contributed by atoms with Crippen molar-refractivity contribution >= 4 is 5.91 Å². The van der Waals surface area contributed by atoms with Crippen molar-refractivity contribution in [3.05, 3.63) is 54.0 Å². The Morgan fingerprint density at radius 2 is 1.96 bits per heavy atom. The number of pyridine rings is 1. The molecule has 1 N–H and O–H groups in total. The van der Waals surface area contributed by atoms with Crippen molar-refractivity contribution in [2.75, 3.05) is 0 Å². The number of amides is 1. The van der Waals surface area contributed by atoms with Gasteiger partial charge in [0.1, 0.15) is 5.82 Å². The zero-order chi connectivity index (χ0) is 16.2. The van der Waals surface area contributed by atoms with Crippen LogP contribution in [0.15, 0.2) is 42.6 Å². The molecule has 1 aliphatic rings. The highest BCUT2D eigenvalue weighted by Crippen LogP contribution is 2.24. The summed E-state index contributed by atoms with van der Waals surface area (Å²) in [6, 6.07) is 10.1. The van der Waals surface area contributed by atoms with Crippen molar-refractivity contribution in [1.82, 2.24) is 10.3 Å². The van der Waals surface area contributed by atoms with Gasteiger partial charge in [0.15, 0.2) is 0 Å². The highest BCUT2D eigenvalue weighted by molar-refractivity contribution is 5.94. The number of halogens is 1. The van der Waals surface area contributed by atoms with Crippen LogP contribution in [-0.4, -0.2) is 16.9 Å². The molecule has 2 aromatic rings. The fraction of sp³-hybridized carbons (Fsp3) is 0.368. The maximum Gasteiger partial charge on any atom is 0.253 e. The van der Waals surface area contributed by atoms with E-state index >= 15 is 0 Å². The second-order valence-electron chi connectivity index (χ2n) is 6.37. The molecule has 1 aliphatic carbocycles. The van der Waals surface area contributed by atoms with Crippen molar-refractivity contribution in [1.29, 1.82) is 0 Å². The number of carbonyl (C=O) groups is 1. The second kappa shape index (κ2) is 6.90. The first-order valence-electron chi connectivity index (χ1n) is 8.14. The molecule has 0 bridgehead atoms. The number of benzene rings is 1. The van der Waals surface area contributed by atoms with Crippen LogP contribution in [0.25, 0.3) is 11.3 Å². The predicted molar refractivity (Wildman–Crippen MR) is 88.5 cm³/mol. The quantitative estimate of drug-likeness (QED) is 0.923. The fourth-order valence-corrected chi connectivity index (χ4v) is 3.02. The maximum absolute atomic E-state index is 13.3. The zero-order valence-corrected chi connectivity index (χ0v) is 13.3. The van der Waals surface area contributed by atoms with E-state index in [0.717, 1.165) is 18.8 Å². The number of rotatable bonds is 3. The number of hydrogen-bond donors (Lipinski definition) is 1. The van der Waals surface area contributed by atoms with E-state index in [2.05, 4.69) is 17.2 Å². The zero-order valence-electron chi connectivity index (χ0n) is 13.3. The van der Waals surface area contributed by atoms with E-state index in [1.165, 1.54) is 25.0 Å². The molecular weight excluding hydrogens is 291 g/mol. The van der Waals surface area contributed by atoms with E-state index in [0.29, 0.717) is 16.8 Å². The van der Waals surface area contributed by atoms with Gasteiger partial charge in [-0.25, -0.2) is 4.39 Å². The molecule has 0 saturated heterocycles. The maximum atomic E-state index is 13.3. The number of nitrogens with one attached hydrogen (secondary N) is 1. The van der Waals surface area contributed by atoms with E-state index in [9.17, 15) is 9.18 Å². The largest absolute Gasteiger partial charge is 0.349 e. The summed E-state index contributed by atoms with van der Waals surface area (Å²) in [7, 11) is 0. The lowest BCUT2D eigenvalue weighted by molar-refractivity contribution is 0.0922. The summed E-state index contributed by atoms with van der Waals surface area (Å²) in [5.41, 5.74) is 1.91. The van der Waals surface area contributed by atoms with E-state index in [1.807, 2.05) is 0 Å². The summed E-state index contributed by atoms with van der Waals surface area (Å²) < 4.78 is 13.3. The lowest BCUT2D eigenvalue weighted by Gasteiger charge is -2.26. The lowest BCUT2D eigenvalue weighted by Crippen LogP contribution is -2.37. The summed E-state index contributed by atoms with van der Waals surface area (Å²) in [6.07, 6.45) is 5.98. The Bertz CT molecular complexity index is 676. The lowest BCUT2D eigenvalue weighted by atomic mass is 9.87. The molecular formula is C19H21FN2O. The summed E-state index contributed by atoms with van der Waals surface area (Å²) in [5.74, 6) is 0.385. The van der Waals surface area contributed by atoms with Crippen LogP contribution in [0.1, 0.15) is 43.0 Å². The molecule has 3 rings (SSSR count). The van der Waals surface area contributed by atoms with Gasteiger partial charge in [-0.2, -0.15) is 0 Å². The van der Waals surface area contributed by atoms with Crippen LogP contribution in [0, 0.1) is 11.7 Å². The standard InChI is InChI=1S/C19H21FN2O/c1-13-5-8-17(9-6-13)22-19(23)15-7-10-18(21-12-15)14-3-2-4-16(20)11-14/h2-4,7,10-13,17H,5-6,8-9H2,1H3,(H,22,23)/t13-,17+. The van der Waals surface area contributed by atoms with Gasteiger partial charge < -0.3 is 5.32 Å². The van der Waals surface area contributed by atoms with Gasteiger partial charge in [-0.15, -0.1) is 0 Å². The number of nitrogens with zero attached hydrogens (tertiary/aromatic N) is 1. The second-order valence-corrected chi connectivity index (χ2v) is 6.37. The first-order chi connectivity index (χ1) is 11.1. The first kappa shape index (κ1) is 15.7. The van der Waals surface area contributed by atoms with E-state index < -0.39 is 0 Å². The van der Waals surface area contributed by atoms with Crippen molar-refractivity contribution in [2.24, 2.45) is 5.92 Å². The molecule has 1 fully saturated rings. The van der Waals surface area contributed by atoms with Crippen molar-refractivity contribution in [3.8, 4) is 11.3 Å². The molecule has 0 unspecified atom stereocenters. The van der Waals surface area contributed by atoms with Crippen LogP contribution in [0.5, 0.6) is 0 Å². The number of aromatic nitrogens is 1. The SMILES string of the molecule is C[C@H]1CC[C@@H](NC(=O)c2ccc(-c3cccc(F)c3)nc2)CC1. The van der Waals surface area contributed by atoms with Gasteiger partial charge in [-0.3, -0.25) is 9.78 Å². The third kappa shape index (κ3) is 3.95. The van der Waals surface area contributed by atoms with Gasteiger partial charge >= 0.3 is 0 Å². The van der Waals surface area contributed by atoms with Crippen LogP contribution in [0.2, 0.25) is 0 Å². The minimum atomic E-state index is -0.294. The van der Waals surface area contributed by atoms with Gasteiger partial charge in [0.05, 0.1) is 11.3 Å². The third-order valence-electron chi connectivity index (χ3n) is 4.50. The van der Waals surface area contributed by atoms with Gasteiger partial charge in [0.25, 0.3) is 5.91 Å². The Hall–Kier alpha value is -2.23. The van der Waals surface area contributed by atoms with Crippen LogP contribution in [0.3, 0.4) is 0 Å². The number of carbonyl (C=O) groups excluding carboxylic acids is 1. The molecule has 1 amide bonds. The van der Waals surface area contributed by atoms with Crippen molar-refractivity contribution in [2.45, 2.75) is 38.6 Å².